The molecule has 1 atom stereocenters. The number of imidazole rings is 1. The van der Waals surface area contributed by atoms with Crippen molar-refractivity contribution in [3.05, 3.63) is 18.7 Å². The smallest absolute Gasteiger partial charge is 0.220 e. The van der Waals surface area contributed by atoms with Gasteiger partial charge in [-0.05, 0) is 19.8 Å². The number of amides is 1. The molecule has 0 spiro atoms. The number of nitrogens with one attached hydrogen (secondary N) is 1. The summed E-state index contributed by atoms with van der Waals surface area (Å²) >= 11 is 0. The Kier molecular flexibility index (Phi) is 5.56. The molecule has 1 rings (SSSR count). The topological polar surface area (TPSA) is 72.9 Å². The van der Waals surface area contributed by atoms with Gasteiger partial charge in [-0.25, -0.2) is 4.98 Å². The summed E-state index contributed by atoms with van der Waals surface area (Å²) in [7, 11) is 0. The molecule has 1 aromatic rings. The molecule has 0 aliphatic heterocycles. The first kappa shape index (κ1) is 12.7. The molecule has 1 unspecified atom stereocenters. The third-order valence-corrected chi connectivity index (χ3v) is 2.31. The maximum atomic E-state index is 11.4. The summed E-state index contributed by atoms with van der Waals surface area (Å²) < 4.78 is 1.93. The fraction of sp³-hybridized carbons (Fsp3) is 0.636. The molecule has 0 saturated heterocycles. The number of carbonyl (C=O) groups excluding carboxylic acids is 1. The van der Waals surface area contributed by atoms with Gasteiger partial charge in [0.1, 0.15) is 0 Å². The van der Waals surface area contributed by atoms with Crippen LogP contribution < -0.4 is 11.1 Å². The lowest BCUT2D eigenvalue weighted by Gasteiger charge is -2.06. The van der Waals surface area contributed by atoms with E-state index >= 15 is 0 Å². The van der Waals surface area contributed by atoms with E-state index in [2.05, 4.69) is 10.3 Å². The Hall–Kier alpha value is -1.36. The molecule has 0 saturated carbocycles. The van der Waals surface area contributed by atoms with Crippen molar-refractivity contribution in [2.45, 2.75) is 38.8 Å². The average molecular weight is 224 g/mol. The van der Waals surface area contributed by atoms with E-state index in [0.29, 0.717) is 13.0 Å². The third-order valence-electron chi connectivity index (χ3n) is 2.31. The van der Waals surface area contributed by atoms with Gasteiger partial charge in [0.2, 0.25) is 5.91 Å². The summed E-state index contributed by atoms with van der Waals surface area (Å²) in [6.07, 6.45) is 7.66. The highest BCUT2D eigenvalue weighted by molar-refractivity contribution is 5.75. The van der Waals surface area contributed by atoms with E-state index in [0.717, 1.165) is 19.4 Å². The van der Waals surface area contributed by atoms with Crippen LogP contribution >= 0.6 is 0 Å². The maximum Gasteiger partial charge on any atom is 0.220 e. The zero-order chi connectivity index (χ0) is 11.8. The van der Waals surface area contributed by atoms with Gasteiger partial charge in [-0.2, -0.15) is 0 Å². The van der Waals surface area contributed by atoms with Crippen molar-refractivity contribution in [1.82, 2.24) is 14.9 Å². The van der Waals surface area contributed by atoms with Crippen LogP contribution in [0.4, 0.5) is 0 Å². The Labute approximate surface area is 96.0 Å². The molecule has 0 aliphatic carbocycles. The number of rotatable bonds is 7. The van der Waals surface area contributed by atoms with E-state index in [1.807, 2.05) is 17.7 Å². The third kappa shape index (κ3) is 5.50. The molecular weight excluding hydrogens is 204 g/mol. The normalized spacial score (nSPS) is 12.4. The summed E-state index contributed by atoms with van der Waals surface area (Å²) in [5.74, 6) is 0.0979. The zero-order valence-corrected chi connectivity index (χ0v) is 9.72. The summed E-state index contributed by atoms with van der Waals surface area (Å²) in [6, 6.07) is 0.179. The second-order valence-electron chi connectivity index (χ2n) is 4.02. The number of nitrogens with two attached hydrogens (primary N) is 1. The van der Waals surface area contributed by atoms with Gasteiger partial charge < -0.3 is 15.6 Å². The number of nitrogens with zero attached hydrogens (tertiary/aromatic N) is 2. The number of hydrogen-bond acceptors (Lipinski definition) is 3. The van der Waals surface area contributed by atoms with E-state index in [4.69, 9.17) is 5.73 Å². The predicted octanol–water partition coefficient (Wildman–Crippen LogP) is 0.517. The van der Waals surface area contributed by atoms with Crippen LogP contribution in [0.15, 0.2) is 18.7 Å². The predicted molar refractivity (Wildman–Crippen MR) is 62.7 cm³/mol. The van der Waals surface area contributed by atoms with Crippen LogP contribution in [-0.2, 0) is 11.3 Å². The van der Waals surface area contributed by atoms with Crippen LogP contribution in [0.25, 0.3) is 0 Å². The van der Waals surface area contributed by atoms with Crippen molar-refractivity contribution < 1.29 is 4.79 Å². The van der Waals surface area contributed by atoms with Gasteiger partial charge in [-0.3, -0.25) is 4.79 Å². The van der Waals surface area contributed by atoms with Gasteiger partial charge in [0.25, 0.3) is 0 Å². The second-order valence-corrected chi connectivity index (χ2v) is 4.02. The van der Waals surface area contributed by atoms with Crippen molar-refractivity contribution >= 4 is 5.91 Å². The molecule has 5 nitrogen and oxygen atoms in total. The molecule has 1 aromatic heterocycles. The zero-order valence-electron chi connectivity index (χ0n) is 9.72. The Morgan fingerprint density at radius 2 is 2.44 bits per heavy atom. The summed E-state index contributed by atoms with van der Waals surface area (Å²) in [5.41, 5.74) is 5.60. The SMILES string of the molecule is CC(N)CCCC(=O)NCCn1ccnc1. The van der Waals surface area contributed by atoms with Gasteiger partial charge in [-0.15, -0.1) is 0 Å². The molecule has 0 radical (unpaired) electrons. The lowest BCUT2D eigenvalue weighted by atomic mass is 10.1. The Morgan fingerprint density at radius 3 is 3.06 bits per heavy atom. The van der Waals surface area contributed by atoms with Crippen LogP contribution in [0.2, 0.25) is 0 Å². The van der Waals surface area contributed by atoms with E-state index in [1.165, 1.54) is 0 Å². The number of carbonyl (C=O) groups is 1. The van der Waals surface area contributed by atoms with Crippen LogP contribution in [0.3, 0.4) is 0 Å². The van der Waals surface area contributed by atoms with Crippen LogP contribution in [0.1, 0.15) is 26.2 Å². The second kappa shape index (κ2) is 7.00. The van der Waals surface area contributed by atoms with Crippen molar-refractivity contribution in [3.63, 3.8) is 0 Å². The molecule has 1 amide bonds. The minimum absolute atomic E-state index is 0.0979. The minimum atomic E-state index is 0.0979. The number of aromatic nitrogens is 2. The monoisotopic (exact) mass is 224 g/mol. The molecule has 1 heterocycles. The molecule has 0 bridgehead atoms. The van der Waals surface area contributed by atoms with Gasteiger partial charge in [0, 0.05) is 37.9 Å². The van der Waals surface area contributed by atoms with Crippen LogP contribution in [-0.4, -0.2) is 28.0 Å². The molecule has 90 valence electrons. The lowest BCUT2D eigenvalue weighted by molar-refractivity contribution is -0.121. The van der Waals surface area contributed by atoms with Crippen molar-refractivity contribution in [1.29, 1.82) is 0 Å². The minimum Gasteiger partial charge on any atom is -0.354 e. The molecule has 0 aliphatic rings. The fourth-order valence-corrected chi connectivity index (χ4v) is 1.42. The van der Waals surface area contributed by atoms with E-state index in [1.54, 1.807) is 12.5 Å². The number of hydrogen-bond donors (Lipinski definition) is 2. The molecular formula is C11H20N4O. The first-order chi connectivity index (χ1) is 7.68. The Balaban J connectivity index is 2.02. The standard InChI is InChI=1S/C11H20N4O/c1-10(12)3-2-4-11(16)14-6-8-15-7-5-13-9-15/h5,7,9-10H,2-4,6,8,12H2,1H3,(H,14,16). The van der Waals surface area contributed by atoms with Crippen molar-refractivity contribution in [2.24, 2.45) is 5.73 Å². The van der Waals surface area contributed by atoms with Crippen molar-refractivity contribution in [2.75, 3.05) is 6.54 Å². The highest BCUT2D eigenvalue weighted by Crippen LogP contribution is 1.97. The van der Waals surface area contributed by atoms with E-state index in [9.17, 15) is 4.79 Å². The lowest BCUT2D eigenvalue weighted by Crippen LogP contribution is -2.27. The average Bonchev–Trinajstić information content (AvgIpc) is 2.70. The van der Waals surface area contributed by atoms with Crippen molar-refractivity contribution in [3.8, 4) is 0 Å². The molecule has 16 heavy (non-hydrogen) atoms. The first-order valence-corrected chi connectivity index (χ1v) is 5.66. The van der Waals surface area contributed by atoms with Gasteiger partial charge >= 0.3 is 0 Å². The summed E-state index contributed by atoms with van der Waals surface area (Å²) in [6.45, 7) is 3.36. The Bertz CT molecular complexity index is 295. The van der Waals surface area contributed by atoms with Gasteiger partial charge in [0.15, 0.2) is 0 Å². The molecule has 0 aromatic carbocycles. The van der Waals surface area contributed by atoms with Crippen LogP contribution in [0, 0.1) is 0 Å². The molecule has 0 fully saturated rings. The van der Waals surface area contributed by atoms with E-state index in [-0.39, 0.29) is 11.9 Å². The van der Waals surface area contributed by atoms with E-state index < -0.39 is 0 Å². The van der Waals surface area contributed by atoms with Crippen LogP contribution in [0.5, 0.6) is 0 Å². The quantitative estimate of drug-likeness (QED) is 0.709. The summed E-state index contributed by atoms with van der Waals surface area (Å²) in [5, 5.41) is 2.87. The summed E-state index contributed by atoms with van der Waals surface area (Å²) in [4.78, 5) is 15.3. The Morgan fingerprint density at radius 1 is 1.62 bits per heavy atom. The first-order valence-electron chi connectivity index (χ1n) is 5.66. The highest BCUT2D eigenvalue weighted by atomic mass is 16.1. The maximum absolute atomic E-state index is 11.4. The fourth-order valence-electron chi connectivity index (χ4n) is 1.42. The van der Waals surface area contributed by atoms with Gasteiger partial charge in [-0.1, -0.05) is 0 Å². The highest BCUT2D eigenvalue weighted by Gasteiger charge is 2.01. The largest absolute Gasteiger partial charge is 0.354 e. The molecule has 5 heteroatoms. The molecule has 3 N–H and O–H groups in total. The van der Waals surface area contributed by atoms with Gasteiger partial charge in [0.05, 0.1) is 6.33 Å².